The van der Waals surface area contributed by atoms with E-state index in [2.05, 4.69) is 17.1 Å². The zero-order valence-electron chi connectivity index (χ0n) is 13.6. The molecule has 0 bridgehead atoms. The Morgan fingerprint density at radius 1 is 1.39 bits per heavy atom. The molecule has 4 nitrogen and oxygen atoms in total. The van der Waals surface area contributed by atoms with Crippen molar-refractivity contribution in [1.29, 1.82) is 0 Å². The lowest BCUT2D eigenvalue weighted by atomic mass is 9.96. The summed E-state index contributed by atoms with van der Waals surface area (Å²) < 4.78 is 13.7. The number of aromatic carboxylic acids is 1. The first kappa shape index (κ1) is 16.4. The van der Waals surface area contributed by atoms with Gasteiger partial charge in [0, 0.05) is 12.6 Å². The van der Waals surface area contributed by atoms with E-state index in [9.17, 15) is 9.18 Å². The van der Waals surface area contributed by atoms with Gasteiger partial charge < -0.3 is 10.4 Å². The van der Waals surface area contributed by atoms with E-state index in [0.29, 0.717) is 6.54 Å². The predicted octanol–water partition coefficient (Wildman–Crippen LogP) is 2.73. The van der Waals surface area contributed by atoms with Crippen LogP contribution in [0.15, 0.2) is 18.2 Å². The van der Waals surface area contributed by atoms with Crippen LogP contribution in [0.1, 0.15) is 42.1 Å². The number of carbonyl (C=O) groups is 1. The Labute approximate surface area is 136 Å². The summed E-state index contributed by atoms with van der Waals surface area (Å²) in [6, 6.07) is 5.17. The molecule has 0 spiro atoms. The molecule has 2 N–H and O–H groups in total. The number of carboxylic acid groups (broad SMARTS) is 1. The van der Waals surface area contributed by atoms with Crippen molar-refractivity contribution in [2.45, 2.75) is 38.8 Å². The highest BCUT2D eigenvalue weighted by Gasteiger charge is 2.32. The highest BCUT2D eigenvalue weighted by Crippen LogP contribution is 2.29. The third-order valence-corrected chi connectivity index (χ3v) is 5.16. The smallest absolute Gasteiger partial charge is 0.338 e. The third-order valence-electron chi connectivity index (χ3n) is 5.16. The SMILES string of the molecule is C[C@@H]1C[C@H]1NCC1CCN(Cc2ccc(C(=O)O)c(F)c2)CC1. The average molecular weight is 320 g/mol. The maximum absolute atomic E-state index is 13.7. The van der Waals surface area contributed by atoms with Crippen LogP contribution in [0, 0.1) is 17.7 Å². The van der Waals surface area contributed by atoms with E-state index in [1.807, 2.05) is 0 Å². The number of likely N-dealkylation sites (tertiary alicyclic amines) is 1. The molecule has 1 saturated heterocycles. The lowest BCUT2D eigenvalue weighted by Gasteiger charge is -2.32. The normalized spacial score (nSPS) is 25.5. The number of benzene rings is 1. The highest BCUT2D eigenvalue weighted by molar-refractivity contribution is 5.87. The molecule has 1 aromatic carbocycles. The van der Waals surface area contributed by atoms with Crippen molar-refractivity contribution in [3.8, 4) is 0 Å². The quantitative estimate of drug-likeness (QED) is 0.846. The van der Waals surface area contributed by atoms with Gasteiger partial charge in [-0.25, -0.2) is 9.18 Å². The Bertz CT molecular complexity index is 570. The standard InChI is InChI=1S/C18H25FN2O2/c1-12-8-17(12)20-10-13-4-6-21(7-5-13)11-14-2-3-15(18(22)23)16(19)9-14/h2-3,9,12-13,17,20H,4-8,10-11H2,1H3,(H,22,23)/t12-,17-/m1/s1. The number of nitrogens with one attached hydrogen (secondary N) is 1. The minimum atomic E-state index is -1.22. The second-order valence-corrected chi connectivity index (χ2v) is 7.07. The van der Waals surface area contributed by atoms with Crippen LogP contribution in [-0.2, 0) is 6.54 Å². The molecular weight excluding hydrogens is 295 g/mol. The van der Waals surface area contributed by atoms with Gasteiger partial charge in [-0.15, -0.1) is 0 Å². The van der Waals surface area contributed by atoms with Gasteiger partial charge in [0.25, 0.3) is 0 Å². The molecule has 1 aliphatic carbocycles. The molecule has 0 unspecified atom stereocenters. The van der Waals surface area contributed by atoms with E-state index in [0.717, 1.165) is 43.1 Å². The van der Waals surface area contributed by atoms with Crippen LogP contribution in [-0.4, -0.2) is 41.7 Å². The van der Waals surface area contributed by atoms with E-state index in [4.69, 9.17) is 5.11 Å². The number of hydrogen-bond acceptors (Lipinski definition) is 3. The molecule has 2 aliphatic rings. The van der Waals surface area contributed by atoms with E-state index in [-0.39, 0.29) is 5.56 Å². The maximum atomic E-state index is 13.7. The zero-order chi connectivity index (χ0) is 16.4. The largest absolute Gasteiger partial charge is 0.478 e. The maximum Gasteiger partial charge on any atom is 0.338 e. The van der Waals surface area contributed by atoms with E-state index >= 15 is 0 Å². The Kier molecular flexibility index (Phi) is 4.97. The van der Waals surface area contributed by atoms with Crippen LogP contribution in [0.2, 0.25) is 0 Å². The van der Waals surface area contributed by atoms with Crippen LogP contribution in [0.3, 0.4) is 0 Å². The molecule has 1 aliphatic heterocycles. The van der Waals surface area contributed by atoms with Gasteiger partial charge in [-0.3, -0.25) is 4.90 Å². The number of hydrogen-bond donors (Lipinski definition) is 2. The fraction of sp³-hybridized carbons (Fsp3) is 0.611. The van der Waals surface area contributed by atoms with Gasteiger partial charge in [0.05, 0.1) is 5.56 Å². The molecule has 1 aromatic rings. The van der Waals surface area contributed by atoms with Crippen molar-refractivity contribution in [2.75, 3.05) is 19.6 Å². The van der Waals surface area contributed by atoms with Crippen LogP contribution >= 0.6 is 0 Å². The van der Waals surface area contributed by atoms with Crippen LogP contribution in [0.25, 0.3) is 0 Å². The minimum absolute atomic E-state index is 0.257. The number of halogens is 1. The summed E-state index contributed by atoms with van der Waals surface area (Å²) in [7, 11) is 0. The molecule has 0 radical (unpaired) electrons. The summed E-state index contributed by atoms with van der Waals surface area (Å²) in [4.78, 5) is 13.2. The van der Waals surface area contributed by atoms with Gasteiger partial charge >= 0.3 is 5.97 Å². The third kappa shape index (κ3) is 4.30. The van der Waals surface area contributed by atoms with Crippen LogP contribution in [0.5, 0.6) is 0 Å². The van der Waals surface area contributed by atoms with Crippen molar-refractivity contribution in [3.63, 3.8) is 0 Å². The summed E-state index contributed by atoms with van der Waals surface area (Å²) in [5.74, 6) is -0.274. The Balaban J connectivity index is 1.45. The second kappa shape index (κ2) is 6.97. The molecule has 1 heterocycles. The molecule has 23 heavy (non-hydrogen) atoms. The summed E-state index contributed by atoms with van der Waals surface area (Å²) in [5, 5.41) is 12.5. The first-order chi connectivity index (χ1) is 11.0. The van der Waals surface area contributed by atoms with E-state index in [1.165, 1.54) is 31.4 Å². The van der Waals surface area contributed by atoms with Crippen molar-refractivity contribution in [2.24, 2.45) is 11.8 Å². The number of rotatable bonds is 6. The van der Waals surface area contributed by atoms with Crippen LogP contribution in [0.4, 0.5) is 4.39 Å². The van der Waals surface area contributed by atoms with Gasteiger partial charge in [-0.05, 0) is 68.4 Å². The molecule has 3 rings (SSSR count). The van der Waals surface area contributed by atoms with E-state index in [1.54, 1.807) is 6.07 Å². The molecule has 126 valence electrons. The van der Waals surface area contributed by atoms with Crippen LogP contribution < -0.4 is 5.32 Å². The fourth-order valence-corrected chi connectivity index (χ4v) is 3.36. The highest BCUT2D eigenvalue weighted by atomic mass is 19.1. The van der Waals surface area contributed by atoms with Crippen molar-refractivity contribution >= 4 is 5.97 Å². The molecule has 0 amide bonds. The van der Waals surface area contributed by atoms with Gasteiger partial charge in [0.15, 0.2) is 0 Å². The lowest BCUT2D eigenvalue weighted by molar-refractivity contribution is 0.0692. The van der Waals surface area contributed by atoms with Crippen molar-refractivity contribution < 1.29 is 14.3 Å². The fourth-order valence-electron chi connectivity index (χ4n) is 3.36. The number of piperidine rings is 1. The second-order valence-electron chi connectivity index (χ2n) is 7.07. The zero-order valence-corrected chi connectivity index (χ0v) is 13.6. The molecule has 2 atom stereocenters. The lowest BCUT2D eigenvalue weighted by Crippen LogP contribution is -2.37. The molecular formula is C18H25FN2O2. The number of nitrogens with zero attached hydrogens (tertiary/aromatic N) is 1. The Morgan fingerprint density at radius 3 is 2.65 bits per heavy atom. The van der Waals surface area contributed by atoms with Gasteiger partial charge in [0.1, 0.15) is 5.82 Å². The Morgan fingerprint density at radius 2 is 2.09 bits per heavy atom. The van der Waals surface area contributed by atoms with Gasteiger partial charge in [-0.1, -0.05) is 13.0 Å². The summed E-state index contributed by atoms with van der Waals surface area (Å²) in [6.07, 6.45) is 3.66. The average Bonchev–Trinajstić information content (AvgIpc) is 3.22. The summed E-state index contributed by atoms with van der Waals surface area (Å²) >= 11 is 0. The molecule has 5 heteroatoms. The molecule has 1 saturated carbocycles. The Hall–Kier alpha value is -1.46. The topological polar surface area (TPSA) is 52.6 Å². The summed E-state index contributed by atoms with van der Waals surface area (Å²) in [6.45, 7) is 6.14. The molecule has 0 aromatic heterocycles. The first-order valence-corrected chi connectivity index (χ1v) is 8.50. The number of carboxylic acids is 1. The summed E-state index contributed by atoms with van der Waals surface area (Å²) in [5.41, 5.74) is 0.587. The molecule has 2 fully saturated rings. The van der Waals surface area contributed by atoms with Crippen molar-refractivity contribution in [1.82, 2.24) is 10.2 Å². The van der Waals surface area contributed by atoms with Crippen molar-refractivity contribution in [3.05, 3.63) is 35.1 Å². The van der Waals surface area contributed by atoms with Gasteiger partial charge in [-0.2, -0.15) is 0 Å². The van der Waals surface area contributed by atoms with Gasteiger partial charge in [0.2, 0.25) is 0 Å². The predicted molar refractivity (Wildman–Crippen MR) is 86.9 cm³/mol. The first-order valence-electron chi connectivity index (χ1n) is 8.50. The van der Waals surface area contributed by atoms with E-state index < -0.39 is 11.8 Å². The monoisotopic (exact) mass is 320 g/mol. The minimum Gasteiger partial charge on any atom is -0.478 e.